The number of nitrogens with zero attached hydrogens (tertiary/aromatic N) is 1. The Kier molecular flexibility index (Phi) is 5.45. The van der Waals surface area contributed by atoms with E-state index in [1.807, 2.05) is 18.2 Å². The molecule has 5 nitrogen and oxygen atoms in total. The van der Waals surface area contributed by atoms with Crippen molar-refractivity contribution in [2.24, 2.45) is 5.92 Å². The molecule has 116 valence electrons. The molecule has 8 heteroatoms. The second-order valence-electron chi connectivity index (χ2n) is 5.05. The molecule has 0 radical (unpaired) electrons. The molecule has 1 aliphatic rings. The Morgan fingerprint density at radius 3 is 2.48 bits per heavy atom. The fourth-order valence-electron chi connectivity index (χ4n) is 2.28. The lowest BCUT2D eigenvalue weighted by Gasteiger charge is -2.29. The van der Waals surface area contributed by atoms with Crippen LogP contribution in [0.2, 0.25) is 0 Å². The maximum Gasteiger partial charge on any atom is 0.227 e. The molecule has 0 aromatic heterocycles. The lowest BCUT2D eigenvalue weighted by atomic mass is 9.97. The Balaban J connectivity index is 1.98. The molecule has 0 bridgehead atoms. The summed E-state index contributed by atoms with van der Waals surface area (Å²) in [5.41, 5.74) is 0.708. The SMILES string of the molecule is CS(=O)(=O)N1CCC(C(=O)Nc2cc(Br)ccc2Br)CC1. The third-order valence-corrected chi connectivity index (χ3v) is 5.97. The number of carbonyl (C=O) groups excluding carboxylic acids is 1. The van der Waals surface area contributed by atoms with Gasteiger partial charge < -0.3 is 5.32 Å². The summed E-state index contributed by atoms with van der Waals surface area (Å²) in [7, 11) is -3.16. The predicted molar refractivity (Wildman–Crippen MR) is 89.6 cm³/mol. The molecule has 1 fully saturated rings. The lowest BCUT2D eigenvalue weighted by Crippen LogP contribution is -2.40. The van der Waals surface area contributed by atoms with Crippen LogP contribution in [0, 0.1) is 5.92 Å². The second kappa shape index (κ2) is 6.76. The van der Waals surface area contributed by atoms with Crippen LogP contribution in [-0.2, 0) is 14.8 Å². The molecule has 0 atom stereocenters. The van der Waals surface area contributed by atoms with E-state index in [2.05, 4.69) is 37.2 Å². The molecule has 21 heavy (non-hydrogen) atoms. The minimum Gasteiger partial charge on any atom is -0.325 e. The molecule has 1 heterocycles. The number of hydrogen-bond acceptors (Lipinski definition) is 3. The molecule has 2 rings (SSSR count). The van der Waals surface area contributed by atoms with Crippen LogP contribution in [-0.4, -0.2) is 38.0 Å². The maximum atomic E-state index is 12.3. The van der Waals surface area contributed by atoms with E-state index in [-0.39, 0.29) is 11.8 Å². The van der Waals surface area contributed by atoms with Crippen molar-refractivity contribution in [2.45, 2.75) is 12.8 Å². The summed E-state index contributed by atoms with van der Waals surface area (Å²) < 4.78 is 26.0. The van der Waals surface area contributed by atoms with E-state index >= 15 is 0 Å². The first-order valence-electron chi connectivity index (χ1n) is 6.48. The average Bonchev–Trinajstić information content (AvgIpc) is 2.42. The highest BCUT2D eigenvalue weighted by Crippen LogP contribution is 2.28. The standard InChI is InChI=1S/C13H16Br2N2O3S/c1-21(19,20)17-6-4-9(5-7-17)13(18)16-12-8-10(14)2-3-11(12)15/h2-3,8-9H,4-7H2,1H3,(H,16,18). The van der Waals surface area contributed by atoms with E-state index in [0.29, 0.717) is 31.6 Å². The van der Waals surface area contributed by atoms with Crippen molar-refractivity contribution in [3.63, 3.8) is 0 Å². The number of halogens is 2. The predicted octanol–water partition coefficient (Wildman–Crippen LogP) is 2.82. The maximum absolute atomic E-state index is 12.3. The molecule has 1 aliphatic heterocycles. The summed E-state index contributed by atoms with van der Waals surface area (Å²) in [5, 5.41) is 2.89. The van der Waals surface area contributed by atoms with E-state index < -0.39 is 10.0 Å². The summed E-state index contributed by atoms with van der Waals surface area (Å²) in [6, 6.07) is 5.56. The molecule has 1 N–H and O–H groups in total. The first kappa shape index (κ1) is 16.9. The fraction of sp³-hybridized carbons (Fsp3) is 0.462. The molecular weight excluding hydrogens is 424 g/mol. The van der Waals surface area contributed by atoms with Gasteiger partial charge in [-0.3, -0.25) is 4.79 Å². The number of carbonyl (C=O) groups is 1. The van der Waals surface area contributed by atoms with Crippen LogP contribution in [0.15, 0.2) is 27.1 Å². The molecule has 1 amide bonds. The number of anilines is 1. The van der Waals surface area contributed by atoms with Crippen LogP contribution in [0.1, 0.15) is 12.8 Å². The van der Waals surface area contributed by atoms with Gasteiger partial charge in [-0.25, -0.2) is 12.7 Å². The topological polar surface area (TPSA) is 66.5 Å². The molecule has 0 spiro atoms. The van der Waals surface area contributed by atoms with E-state index in [4.69, 9.17) is 0 Å². The van der Waals surface area contributed by atoms with Crippen molar-refractivity contribution in [3.8, 4) is 0 Å². The fourth-order valence-corrected chi connectivity index (χ4v) is 3.86. The van der Waals surface area contributed by atoms with Gasteiger partial charge in [-0.05, 0) is 47.0 Å². The largest absolute Gasteiger partial charge is 0.325 e. The smallest absolute Gasteiger partial charge is 0.227 e. The van der Waals surface area contributed by atoms with Crippen LogP contribution in [0.5, 0.6) is 0 Å². The summed E-state index contributed by atoms with van der Waals surface area (Å²) >= 11 is 6.76. The molecule has 0 aliphatic carbocycles. The van der Waals surface area contributed by atoms with E-state index in [0.717, 1.165) is 8.95 Å². The summed E-state index contributed by atoms with van der Waals surface area (Å²) in [6.45, 7) is 0.799. The van der Waals surface area contributed by atoms with Gasteiger partial charge in [0.2, 0.25) is 15.9 Å². The van der Waals surface area contributed by atoms with Gasteiger partial charge in [-0.1, -0.05) is 15.9 Å². The average molecular weight is 440 g/mol. The Morgan fingerprint density at radius 2 is 1.90 bits per heavy atom. The van der Waals surface area contributed by atoms with Gasteiger partial charge in [0.05, 0.1) is 11.9 Å². The van der Waals surface area contributed by atoms with E-state index in [9.17, 15) is 13.2 Å². The van der Waals surface area contributed by atoms with Crippen molar-refractivity contribution in [1.82, 2.24) is 4.31 Å². The monoisotopic (exact) mass is 438 g/mol. The highest BCUT2D eigenvalue weighted by atomic mass is 79.9. The van der Waals surface area contributed by atoms with Gasteiger partial charge in [0.15, 0.2) is 0 Å². The zero-order valence-corrected chi connectivity index (χ0v) is 15.5. The minimum absolute atomic E-state index is 0.0676. The highest BCUT2D eigenvalue weighted by molar-refractivity contribution is 9.11. The van der Waals surface area contributed by atoms with Crippen molar-refractivity contribution in [1.29, 1.82) is 0 Å². The summed E-state index contributed by atoms with van der Waals surface area (Å²) in [4.78, 5) is 12.3. The summed E-state index contributed by atoms with van der Waals surface area (Å²) in [6.07, 6.45) is 2.29. The van der Waals surface area contributed by atoms with Crippen LogP contribution in [0.4, 0.5) is 5.69 Å². The van der Waals surface area contributed by atoms with E-state index in [1.54, 1.807) is 0 Å². The van der Waals surface area contributed by atoms with Gasteiger partial charge in [0, 0.05) is 28.0 Å². The van der Waals surface area contributed by atoms with Crippen molar-refractivity contribution in [3.05, 3.63) is 27.1 Å². The Morgan fingerprint density at radius 1 is 1.29 bits per heavy atom. The Hall–Kier alpha value is -0.440. The molecule has 0 unspecified atom stereocenters. The van der Waals surface area contributed by atoms with Gasteiger partial charge in [0.25, 0.3) is 0 Å². The van der Waals surface area contributed by atoms with Crippen LogP contribution in [0.25, 0.3) is 0 Å². The minimum atomic E-state index is -3.16. The van der Waals surface area contributed by atoms with Crippen molar-refractivity contribution >= 4 is 53.5 Å². The number of piperidine rings is 1. The number of rotatable bonds is 3. The first-order chi connectivity index (χ1) is 9.77. The van der Waals surface area contributed by atoms with E-state index in [1.165, 1.54) is 10.6 Å². The van der Waals surface area contributed by atoms with Gasteiger partial charge >= 0.3 is 0 Å². The third kappa shape index (κ3) is 4.51. The quantitative estimate of drug-likeness (QED) is 0.787. The normalized spacial score (nSPS) is 17.7. The van der Waals surface area contributed by atoms with Gasteiger partial charge in [-0.15, -0.1) is 0 Å². The highest BCUT2D eigenvalue weighted by Gasteiger charge is 2.29. The number of amides is 1. The number of hydrogen-bond donors (Lipinski definition) is 1. The van der Waals surface area contributed by atoms with Crippen LogP contribution >= 0.6 is 31.9 Å². The lowest BCUT2D eigenvalue weighted by molar-refractivity contribution is -0.120. The van der Waals surface area contributed by atoms with Crippen LogP contribution < -0.4 is 5.32 Å². The van der Waals surface area contributed by atoms with Gasteiger partial charge in [-0.2, -0.15) is 0 Å². The molecule has 0 saturated carbocycles. The Bertz CT molecular complexity index is 641. The Labute approximate surface area is 141 Å². The number of sulfonamides is 1. The molecule has 1 aromatic rings. The molecule has 1 aromatic carbocycles. The molecule has 1 saturated heterocycles. The second-order valence-corrected chi connectivity index (χ2v) is 8.80. The first-order valence-corrected chi connectivity index (χ1v) is 9.92. The van der Waals surface area contributed by atoms with Gasteiger partial charge in [0.1, 0.15) is 0 Å². The van der Waals surface area contributed by atoms with Crippen LogP contribution in [0.3, 0.4) is 0 Å². The third-order valence-electron chi connectivity index (χ3n) is 3.48. The summed E-state index contributed by atoms with van der Waals surface area (Å²) in [5.74, 6) is -0.226. The number of nitrogens with one attached hydrogen (secondary N) is 1. The zero-order chi connectivity index (χ0) is 15.6. The number of benzene rings is 1. The molecular formula is C13H16Br2N2O3S. The van der Waals surface area contributed by atoms with Crippen molar-refractivity contribution < 1.29 is 13.2 Å². The van der Waals surface area contributed by atoms with Crippen molar-refractivity contribution in [2.75, 3.05) is 24.7 Å². The zero-order valence-electron chi connectivity index (χ0n) is 11.5.